The molecule has 1 fully saturated rings. The summed E-state index contributed by atoms with van der Waals surface area (Å²) in [5, 5.41) is 0. The highest BCUT2D eigenvalue weighted by atomic mass is 19.4. The van der Waals surface area contributed by atoms with Gasteiger partial charge in [0.2, 0.25) is 0 Å². The van der Waals surface area contributed by atoms with Crippen LogP contribution in [0.15, 0.2) is 30.6 Å². The van der Waals surface area contributed by atoms with E-state index >= 15 is 0 Å². The maximum atomic E-state index is 12.8. The van der Waals surface area contributed by atoms with Gasteiger partial charge in [-0.2, -0.15) is 13.2 Å². The minimum absolute atomic E-state index is 0.196. The summed E-state index contributed by atoms with van der Waals surface area (Å²) < 4.78 is 38.4. The summed E-state index contributed by atoms with van der Waals surface area (Å²) in [6.45, 7) is 2.46. The minimum atomic E-state index is -4.34. The van der Waals surface area contributed by atoms with E-state index < -0.39 is 11.7 Å². The van der Waals surface area contributed by atoms with Gasteiger partial charge in [0.15, 0.2) is 0 Å². The first-order valence-electron chi connectivity index (χ1n) is 7.76. The summed E-state index contributed by atoms with van der Waals surface area (Å²) in [4.78, 5) is 17.1. The number of hydrogen-bond acceptors (Lipinski definition) is 3. The fourth-order valence-electron chi connectivity index (χ4n) is 3.19. The van der Waals surface area contributed by atoms with Crippen molar-refractivity contribution >= 4 is 11.0 Å². The van der Waals surface area contributed by atoms with Gasteiger partial charge in [0.1, 0.15) is 11.6 Å². The molecule has 2 aromatic heterocycles. The predicted molar refractivity (Wildman–Crippen MR) is 82.3 cm³/mol. The molecule has 0 aliphatic carbocycles. The van der Waals surface area contributed by atoms with E-state index in [0.29, 0.717) is 11.0 Å². The molecule has 2 N–H and O–H groups in total. The average molecular weight is 335 g/mol. The van der Waals surface area contributed by atoms with E-state index in [1.807, 2.05) is 0 Å². The van der Waals surface area contributed by atoms with Gasteiger partial charge in [-0.15, -0.1) is 0 Å². The Labute approximate surface area is 135 Å². The molecule has 4 rings (SSSR count). The number of likely N-dealkylation sites (tertiary alicyclic amines) is 1. The van der Waals surface area contributed by atoms with E-state index in [2.05, 4.69) is 24.8 Å². The SMILES string of the molecule is FC(F)(F)c1ccc2nc(C3CCN(Cc4ncc[nH]4)C3)[nH]c2c1. The van der Waals surface area contributed by atoms with Crippen molar-refractivity contribution in [2.24, 2.45) is 0 Å². The van der Waals surface area contributed by atoms with Crippen molar-refractivity contribution in [3.8, 4) is 0 Å². The third-order valence-electron chi connectivity index (χ3n) is 4.41. The van der Waals surface area contributed by atoms with Crippen molar-refractivity contribution in [3.05, 3.63) is 47.8 Å². The Kier molecular flexibility index (Phi) is 3.56. The number of imidazole rings is 2. The molecule has 0 amide bonds. The molecule has 1 aliphatic heterocycles. The zero-order chi connectivity index (χ0) is 16.7. The van der Waals surface area contributed by atoms with Crippen molar-refractivity contribution in [1.82, 2.24) is 24.8 Å². The number of benzene rings is 1. The molecule has 0 bridgehead atoms. The van der Waals surface area contributed by atoms with Crippen molar-refractivity contribution < 1.29 is 13.2 Å². The van der Waals surface area contributed by atoms with Crippen molar-refractivity contribution in [3.63, 3.8) is 0 Å². The van der Waals surface area contributed by atoms with Gasteiger partial charge in [0.05, 0.1) is 23.1 Å². The second kappa shape index (κ2) is 5.62. The number of alkyl halides is 3. The Morgan fingerprint density at radius 1 is 1.29 bits per heavy atom. The lowest BCUT2D eigenvalue weighted by atomic mass is 10.1. The van der Waals surface area contributed by atoms with Crippen LogP contribution in [0.3, 0.4) is 0 Å². The standard InChI is InChI=1S/C16H16F3N5/c17-16(18,19)11-1-2-12-13(7-11)23-15(22-12)10-3-6-24(8-10)9-14-20-4-5-21-14/h1-2,4-5,7,10H,3,6,8-9H2,(H,20,21)(H,22,23). The summed E-state index contributed by atoms with van der Waals surface area (Å²) in [5.41, 5.74) is 0.350. The number of hydrogen-bond donors (Lipinski definition) is 2. The fourth-order valence-corrected chi connectivity index (χ4v) is 3.19. The predicted octanol–water partition coefficient (Wildman–Crippen LogP) is 3.29. The van der Waals surface area contributed by atoms with E-state index in [1.165, 1.54) is 6.07 Å². The smallest absolute Gasteiger partial charge is 0.348 e. The van der Waals surface area contributed by atoms with Crippen LogP contribution in [0.5, 0.6) is 0 Å². The summed E-state index contributed by atoms with van der Waals surface area (Å²) >= 11 is 0. The Morgan fingerprint density at radius 2 is 2.17 bits per heavy atom. The molecular weight excluding hydrogens is 319 g/mol. The van der Waals surface area contributed by atoms with Crippen LogP contribution < -0.4 is 0 Å². The Morgan fingerprint density at radius 3 is 2.92 bits per heavy atom. The summed E-state index contributed by atoms with van der Waals surface area (Å²) in [7, 11) is 0. The number of halogens is 3. The number of aromatic amines is 2. The lowest BCUT2D eigenvalue weighted by Gasteiger charge is -2.13. The molecule has 1 unspecified atom stereocenters. The summed E-state index contributed by atoms with van der Waals surface area (Å²) in [5.74, 6) is 1.86. The average Bonchev–Trinajstić information content (AvgIpc) is 3.25. The number of nitrogens with zero attached hydrogens (tertiary/aromatic N) is 3. The highest BCUT2D eigenvalue weighted by Gasteiger charge is 2.31. The van der Waals surface area contributed by atoms with Crippen LogP contribution in [0.1, 0.15) is 29.6 Å². The lowest BCUT2D eigenvalue weighted by molar-refractivity contribution is -0.137. The molecule has 3 aromatic rings. The van der Waals surface area contributed by atoms with Gasteiger partial charge in [-0.05, 0) is 31.2 Å². The van der Waals surface area contributed by atoms with Gasteiger partial charge < -0.3 is 9.97 Å². The molecule has 0 saturated carbocycles. The normalized spacial score (nSPS) is 19.4. The zero-order valence-corrected chi connectivity index (χ0v) is 12.8. The maximum Gasteiger partial charge on any atom is 0.416 e. The second-order valence-electron chi connectivity index (χ2n) is 6.11. The molecule has 1 aromatic carbocycles. The van der Waals surface area contributed by atoms with Gasteiger partial charge in [-0.3, -0.25) is 4.90 Å². The van der Waals surface area contributed by atoms with Crippen LogP contribution in [0, 0.1) is 0 Å². The highest BCUT2D eigenvalue weighted by molar-refractivity contribution is 5.76. The van der Waals surface area contributed by atoms with Crippen LogP contribution >= 0.6 is 0 Å². The van der Waals surface area contributed by atoms with Crippen LogP contribution in [0.2, 0.25) is 0 Å². The molecule has 0 spiro atoms. The summed E-state index contributed by atoms with van der Waals surface area (Å²) in [6, 6.07) is 3.62. The molecule has 3 heterocycles. The van der Waals surface area contributed by atoms with Crippen LogP contribution in [0.4, 0.5) is 13.2 Å². The monoisotopic (exact) mass is 335 g/mol. The third-order valence-corrected chi connectivity index (χ3v) is 4.41. The summed E-state index contributed by atoms with van der Waals surface area (Å²) in [6.07, 6.45) is 0.0973. The van der Waals surface area contributed by atoms with Gasteiger partial charge in [-0.1, -0.05) is 0 Å². The van der Waals surface area contributed by atoms with Gasteiger partial charge in [0.25, 0.3) is 0 Å². The largest absolute Gasteiger partial charge is 0.416 e. The zero-order valence-electron chi connectivity index (χ0n) is 12.8. The van der Waals surface area contributed by atoms with Gasteiger partial charge >= 0.3 is 6.18 Å². The number of aromatic nitrogens is 4. The quantitative estimate of drug-likeness (QED) is 0.772. The van der Waals surface area contributed by atoms with E-state index in [-0.39, 0.29) is 5.92 Å². The number of H-pyrrole nitrogens is 2. The molecule has 126 valence electrons. The minimum Gasteiger partial charge on any atom is -0.348 e. The molecular formula is C16H16F3N5. The third kappa shape index (κ3) is 2.89. The first kappa shape index (κ1) is 15.2. The van der Waals surface area contributed by atoms with E-state index in [1.54, 1.807) is 12.4 Å². The molecule has 5 nitrogen and oxygen atoms in total. The Hall–Kier alpha value is -2.35. The van der Waals surface area contributed by atoms with Crippen LogP contribution in [-0.4, -0.2) is 37.9 Å². The molecule has 1 aliphatic rings. The van der Waals surface area contributed by atoms with E-state index in [0.717, 1.165) is 49.8 Å². The van der Waals surface area contributed by atoms with Gasteiger partial charge in [-0.25, -0.2) is 9.97 Å². The molecule has 1 saturated heterocycles. The molecule has 0 radical (unpaired) electrons. The first-order valence-corrected chi connectivity index (χ1v) is 7.76. The van der Waals surface area contributed by atoms with E-state index in [9.17, 15) is 13.2 Å². The van der Waals surface area contributed by atoms with Gasteiger partial charge in [0, 0.05) is 24.9 Å². The molecule has 8 heteroatoms. The number of fused-ring (bicyclic) bond motifs is 1. The Balaban J connectivity index is 1.52. The number of nitrogens with one attached hydrogen (secondary N) is 2. The van der Waals surface area contributed by atoms with Crippen molar-refractivity contribution in [1.29, 1.82) is 0 Å². The topological polar surface area (TPSA) is 60.6 Å². The highest BCUT2D eigenvalue weighted by Crippen LogP contribution is 2.32. The van der Waals surface area contributed by atoms with Crippen molar-refractivity contribution in [2.45, 2.75) is 25.1 Å². The van der Waals surface area contributed by atoms with E-state index in [4.69, 9.17) is 0 Å². The fraction of sp³-hybridized carbons (Fsp3) is 0.375. The molecule has 24 heavy (non-hydrogen) atoms. The van der Waals surface area contributed by atoms with Crippen LogP contribution in [0.25, 0.3) is 11.0 Å². The Bertz CT molecular complexity index is 837. The lowest BCUT2D eigenvalue weighted by Crippen LogP contribution is -2.20. The van der Waals surface area contributed by atoms with Crippen LogP contribution in [-0.2, 0) is 12.7 Å². The maximum absolute atomic E-state index is 12.8. The first-order chi connectivity index (χ1) is 11.5. The van der Waals surface area contributed by atoms with Crippen molar-refractivity contribution in [2.75, 3.05) is 13.1 Å². The number of rotatable bonds is 3. The second-order valence-corrected chi connectivity index (χ2v) is 6.11. The molecule has 1 atom stereocenters.